The Labute approximate surface area is 128 Å². The SMILES string of the molecule is CCCCC(=N)c1ccccc1C1=C(CN(C)C)C=CC1. The number of benzene rings is 1. The lowest BCUT2D eigenvalue weighted by atomic mass is 9.92. The highest BCUT2D eigenvalue weighted by atomic mass is 15.0. The Bertz CT molecular complexity index is 565. The molecule has 1 aliphatic carbocycles. The van der Waals surface area contributed by atoms with Crippen molar-refractivity contribution in [3.8, 4) is 0 Å². The quantitative estimate of drug-likeness (QED) is 0.731. The van der Waals surface area contributed by atoms with Gasteiger partial charge in [-0.2, -0.15) is 0 Å². The Morgan fingerprint density at radius 2 is 2.00 bits per heavy atom. The van der Waals surface area contributed by atoms with E-state index in [0.29, 0.717) is 0 Å². The topological polar surface area (TPSA) is 27.1 Å². The van der Waals surface area contributed by atoms with E-state index >= 15 is 0 Å². The van der Waals surface area contributed by atoms with Crippen LogP contribution in [0.1, 0.15) is 43.7 Å². The van der Waals surface area contributed by atoms with E-state index in [1.807, 2.05) is 6.07 Å². The first kappa shape index (κ1) is 15.7. The van der Waals surface area contributed by atoms with Crippen LogP contribution in [0, 0.1) is 5.41 Å². The van der Waals surface area contributed by atoms with Crippen LogP contribution in [0.5, 0.6) is 0 Å². The van der Waals surface area contributed by atoms with Gasteiger partial charge in [0.15, 0.2) is 0 Å². The third-order valence-electron chi connectivity index (χ3n) is 3.87. The van der Waals surface area contributed by atoms with Gasteiger partial charge in [-0.05, 0) is 50.1 Å². The fraction of sp³-hybridized carbons (Fsp3) is 0.421. The van der Waals surface area contributed by atoms with Crippen molar-refractivity contribution in [1.82, 2.24) is 4.90 Å². The fourth-order valence-electron chi connectivity index (χ4n) is 2.82. The van der Waals surface area contributed by atoms with Gasteiger partial charge in [0, 0.05) is 17.8 Å². The van der Waals surface area contributed by atoms with Gasteiger partial charge < -0.3 is 10.3 Å². The Morgan fingerprint density at radius 1 is 1.24 bits per heavy atom. The summed E-state index contributed by atoms with van der Waals surface area (Å²) in [5.41, 5.74) is 5.91. The molecular formula is C19H26N2. The zero-order valence-electron chi connectivity index (χ0n) is 13.4. The van der Waals surface area contributed by atoms with Crippen molar-refractivity contribution in [3.05, 3.63) is 53.1 Å². The van der Waals surface area contributed by atoms with Crippen LogP contribution in [-0.4, -0.2) is 31.3 Å². The molecule has 1 aliphatic rings. The van der Waals surface area contributed by atoms with Gasteiger partial charge >= 0.3 is 0 Å². The maximum atomic E-state index is 8.39. The van der Waals surface area contributed by atoms with Gasteiger partial charge in [0.1, 0.15) is 0 Å². The normalized spacial score (nSPS) is 14.3. The maximum absolute atomic E-state index is 8.39. The van der Waals surface area contributed by atoms with Crippen molar-refractivity contribution < 1.29 is 0 Å². The van der Waals surface area contributed by atoms with Crippen molar-refractivity contribution in [1.29, 1.82) is 5.41 Å². The van der Waals surface area contributed by atoms with Gasteiger partial charge in [0.05, 0.1) is 0 Å². The largest absolute Gasteiger partial charge is 0.305 e. The molecule has 2 nitrogen and oxygen atoms in total. The predicted molar refractivity (Wildman–Crippen MR) is 92.0 cm³/mol. The predicted octanol–water partition coefficient (Wildman–Crippen LogP) is 4.52. The summed E-state index contributed by atoms with van der Waals surface area (Å²) in [5.74, 6) is 0. The van der Waals surface area contributed by atoms with Gasteiger partial charge in [-0.3, -0.25) is 0 Å². The lowest BCUT2D eigenvalue weighted by Gasteiger charge is -2.16. The van der Waals surface area contributed by atoms with Gasteiger partial charge in [-0.1, -0.05) is 49.8 Å². The number of nitrogens with one attached hydrogen (secondary N) is 1. The first-order chi connectivity index (χ1) is 10.1. The summed E-state index contributed by atoms with van der Waals surface area (Å²) in [5, 5.41) is 8.39. The van der Waals surface area contributed by atoms with Crippen molar-refractivity contribution in [2.45, 2.75) is 32.6 Å². The zero-order valence-corrected chi connectivity index (χ0v) is 13.4. The third kappa shape index (κ3) is 3.92. The van der Waals surface area contributed by atoms with Crippen LogP contribution in [0.2, 0.25) is 0 Å². The highest BCUT2D eigenvalue weighted by molar-refractivity contribution is 6.03. The molecule has 1 aromatic carbocycles. The van der Waals surface area contributed by atoms with Crippen LogP contribution in [0.3, 0.4) is 0 Å². The van der Waals surface area contributed by atoms with Crippen LogP contribution in [0.25, 0.3) is 5.57 Å². The Morgan fingerprint density at radius 3 is 2.71 bits per heavy atom. The van der Waals surface area contributed by atoms with E-state index < -0.39 is 0 Å². The van der Waals surface area contributed by atoms with Gasteiger partial charge in [0.2, 0.25) is 0 Å². The average molecular weight is 282 g/mol. The van der Waals surface area contributed by atoms with Crippen molar-refractivity contribution in [2.75, 3.05) is 20.6 Å². The molecule has 0 unspecified atom stereocenters. The molecule has 112 valence electrons. The van der Waals surface area contributed by atoms with Crippen LogP contribution in [0.4, 0.5) is 0 Å². The zero-order chi connectivity index (χ0) is 15.2. The molecular weight excluding hydrogens is 256 g/mol. The minimum Gasteiger partial charge on any atom is -0.305 e. The lowest BCUT2D eigenvalue weighted by Crippen LogP contribution is -2.15. The van der Waals surface area contributed by atoms with E-state index in [2.05, 4.69) is 56.3 Å². The van der Waals surface area contributed by atoms with Crippen LogP contribution >= 0.6 is 0 Å². The summed E-state index contributed by atoms with van der Waals surface area (Å²) < 4.78 is 0. The molecule has 21 heavy (non-hydrogen) atoms. The van der Waals surface area contributed by atoms with Crippen LogP contribution < -0.4 is 0 Å². The summed E-state index contributed by atoms with van der Waals surface area (Å²) >= 11 is 0. The molecule has 0 amide bonds. The molecule has 0 saturated carbocycles. The summed E-state index contributed by atoms with van der Waals surface area (Å²) in [6.45, 7) is 3.14. The van der Waals surface area contributed by atoms with E-state index in [0.717, 1.165) is 43.5 Å². The van der Waals surface area contributed by atoms with E-state index in [-0.39, 0.29) is 0 Å². The summed E-state index contributed by atoms with van der Waals surface area (Å²) in [6, 6.07) is 8.41. The minimum absolute atomic E-state index is 0.774. The molecule has 1 aromatic rings. The molecule has 0 saturated heterocycles. The van der Waals surface area contributed by atoms with E-state index in [1.165, 1.54) is 16.7 Å². The Balaban J connectivity index is 2.34. The number of likely N-dealkylation sites (N-methyl/N-ethyl adjacent to an activating group) is 1. The lowest BCUT2D eigenvalue weighted by molar-refractivity contribution is 0.450. The van der Waals surface area contributed by atoms with Crippen LogP contribution in [-0.2, 0) is 0 Å². The number of hydrogen-bond donors (Lipinski definition) is 1. The smallest absolute Gasteiger partial charge is 0.0392 e. The van der Waals surface area contributed by atoms with Crippen molar-refractivity contribution in [3.63, 3.8) is 0 Å². The molecule has 0 fully saturated rings. The second-order valence-corrected chi connectivity index (χ2v) is 5.98. The number of allylic oxidation sites excluding steroid dienone is 2. The summed E-state index contributed by atoms with van der Waals surface area (Å²) in [7, 11) is 4.21. The van der Waals surface area contributed by atoms with E-state index in [9.17, 15) is 0 Å². The number of hydrogen-bond acceptors (Lipinski definition) is 2. The molecule has 0 spiro atoms. The molecule has 2 rings (SSSR count). The Hall–Kier alpha value is -1.67. The van der Waals surface area contributed by atoms with Crippen molar-refractivity contribution >= 4 is 11.3 Å². The molecule has 0 aromatic heterocycles. The minimum atomic E-state index is 0.774. The highest BCUT2D eigenvalue weighted by Gasteiger charge is 2.16. The molecule has 0 atom stereocenters. The second kappa shape index (κ2) is 7.37. The molecule has 2 heteroatoms. The van der Waals surface area contributed by atoms with Gasteiger partial charge in [-0.25, -0.2) is 0 Å². The third-order valence-corrected chi connectivity index (χ3v) is 3.87. The van der Waals surface area contributed by atoms with E-state index in [1.54, 1.807) is 0 Å². The molecule has 0 heterocycles. The summed E-state index contributed by atoms with van der Waals surface area (Å²) in [6.07, 6.45) is 8.57. The Kier molecular flexibility index (Phi) is 5.51. The molecule has 0 bridgehead atoms. The number of rotatable bonds is 7. The van der Waals surface area contributed by atoms with Crippen molar-refractivity contribution in [2.24, 2.45) is 0 Å². The maximum Gasteiger partial charge on any atom is 0.0392 e. The molecule has 0 aliphatic heterocycles. The molecule has 1 N–H and O–H groups in total. The number of unbranched alkanes of at least 4 members (excludes halogenated alkanes) is 1. The standard InChI is InChI=1S/C19H26N2/c1-4-5-13-19(20)18-11-7-6-10-17(18)16-12-8-9-15(16)14-21(2)3/h6-11,20H,4-5,12-14H2,1-3H3. The average Bonchev–Trinajstić information content (AvgIpc) is 2.92. The van der Waals surface area contributed by atoms with Gasteiger partial charge in [0.25, 0.3) is 0 Å². The first-order valence-corrected chi connectivity index (χ1v) is 7.84. The van der Waals surface area contributed by atoms with E-state index in [4.69, 9.17) is 5.41 Å². The van der Waals surface area contributed by atoms with Crippen LogP contribution in [0.15, 0.2) is 42.0 Å². The first-order valence-electron chi connectivity index (χ1n) is 7.84. The van der Waals surface area contributed by atoms with Gasteiger partial charge in [-0.15, -0.1) is 0 Å². The highest BCUT2D eigenvalue weighted by Crippen LogP contribution is 2.32. The fourth-order valence-corrected chi connectivity index (χ4v) is 2.82. The second-order valence-electron chi connectivity index (χ2n) is 5.98. The molecule has 0 radical (unpaired) electrons. The summed E-state index contributed by atoms with van der Waals surface area (Å²) in [4.78, 5) is 2.20. The number of nitrogens with zero attached hydrogens (tertiary/aromatic N) is 1. The monoisotopic (exact) mass is 282 g/mol.